The first-order chi connectivity index (χ1) is 10.0. The number of rotatable bonds is 5. The molecule has 0 spiro atoms. The molecule has 0 atom stereocenters. The van der Waals surface area contributed by atoms with Crippen LogP contribution in [0.3, 0.4) is 0 Å². The molecule has 0 saturated carbocycles. The monoisotopic (exact) mass is 310 g/mol. The Morgan fingerprint density at radius 3 is 2.24 bits per heavy atom. The van der Waals surface area contributed by atoms with Gasteiger partial charge >= 0.3 is 0 Å². The molecule has 1 aliphatic heterocycles. The molecule has 116 valence electrons. The molecule has 2 rings (SSSR count). The summed E-state index contributed by atoms with van der Waals surface area (Å²) >= 11 is 0. The Labute approximate surface area is 126 Å². The van der Waals surface area contributed by atoms with Crippen LogP contribution >= 0.6 is 0 Å². The van der Waals surface area contributed by atoms with E-state index in [0.717, 1.165) is 18.5 Å². The van der Waals surface area contributed by atoms with Gasteiger partial charge < -0.3 is 4.90 Å². The Kier molecular flexibility index (Phi) is 5.00. The lowest BCUT2D eigenvalue weighted by molar-refractivity contribution is -0.119. The quantitative estimate of drug-likeness (QED) is 0.838. The number of hydrogen-bond donors (Lipinski definition) is 0. The predicted octanol–water partition coefficient (Wildman–Crippen LogP) is 2.23. The Hall–Kier alpha value is -1.40. The number of carbonyl (C=O) groups is 1. The number of carbonyl (C=O) groups excluding carboxylic acids is 1. The van der Waals surface area contributed by atoms with E-state index >= 15 is 0 Å². The summed E-state index contributed by atoms with van der Waals surface area (Å²) in [6.07, 6.45) is 2.49. The third kappa shape index (κ3) is 3.27. The van der Waals surface area contributed by atoms with E-state index in [2.05, 4.69) is 0 Å². The number of sulfonamides is 1. The van der Waals surface area contributed by atoms with Crippen molar-refractivity contribution in [2.75, 3.05) is 24.5 Å². The predicted molar refractivity (Wildman–Crippen MR) is 82.8 cm³/mol. The third-order valence-corrected chi connectivity index (χ3v) is 5.88. The van der Waals surface area contributed by atoms with E-state index in [4.69, 9.17) is 0 Å². The number of amides is 1. The van der Waals surface area contributed by atoms with Crippen molar-refractivity contribution in [3.63, 3.8) is 0 Å². The molecule has 0 aromatic heterocycles. The molecule has 0 unspecified atom stereocenters. The van der Waals surface area contributed by atoms with E-state index in [9.17, 15) is 13.2 Å². The van der Waals surface area contributed by atoms with Gasteiger partial charge in [0.1, 0.15) is 0 Å². The zero-order valence-electron chi connectivity index (χ0n) is 12.6. The largest absolute Gasteiger partial charge is 0.312 e. The number of anilines is 1. The average molecular weight is 310 g/mol. The van der Waals surface area contributed by atoms with E-state index < -0.39 is 10.0 Å². The van der Waals surface area contributed by atoms with Crippen LogP contribution in [-0.2, 0) is 14.8 Å². The van der Waals surface area contributed by atoms with Crippen LogP contribution in [0.5, 0.6) is 0 Å². The Balaban J connectivity index is 2.24. The third-order valence-electron chi connectivity index (χ3n) is 3.82. The van der Waals surface area contributed by atoms with Crippen molar-refractivity contribution in [1.29, 1.82) is 0 Å². The Morgan fingerprint density at radius 1 is 1.10 bits per heavy atom. The summed E-state index contributed by atoms with van der Waals surface area (Å²) < 4.78 is 26.2. The zero-order valence-corrected chi connectivity index (χ0v) is 13.4. The second kappa shape index (κ2) is 6.58. The van der Waals surface area contributed by atoms with Crippen molar-refractivity contribution in [3.8, 4) is 0 Å². The van der Waals surface area contributed by atoms with Crippen molar-refractivity contribution < 1.29 is 13.2 Å². The van der Waals surface area contributed by atoms with Crippen molar-refractivity contribution in [2.45, 2.75) is 38.0 Å². The minimum Gasteiger partial charge on any atom is -0.312 e. The van der Waals surface area contributed by atoms with Gasteiger partial charge in [-0.1, -0.05) is 13.8 Å². The van der Waals surface area contributed by atoms with E-state index in [0.29, 0.717) is 26.1 Å². The van der Waals surface area contributed by atoms with Gasteiger partial charge in [0.2, 0.25) is 15.9 Å². The number of benzene rings is 1. The SMILES string of the molecule is CCN(CC)S(=O)(=O)c1ccc(N2CCCCC2=O)cc1. The molecule has 1 amide bonds. The fourth-order valence-corrected chi connectivity index (χ4v) is 4.05. The second-order valence-electron chi connectivity index (χ2n) is 5.09. The molecular formula is C15H22N2O3S. The lowest BCUT2D eigenvalue weighted by atomic mass is 10.1. The van der Waals surface area contributed by atoms with Gasteiger partial charge in [-0.2, -0.15) is 4.31 Å². The smallest absolute Gasteiger partial charge is 0.243 e. The maximum absolute atomic E-state index is 12.4. The molecule has 0 bridgehead atoms. The van der Waals surface area contributed by atoms with Crippen LogP contribution in [0.2, 0.25) is 0 Å². The Morgan fingerprint density at radius 2 is 1.71 bits per heavy atom. The molecule has 6 heteroatoms. The minimum absolute atomic E-state index is 0.112. The number of nitrogens with zero attached hydrogens (tertiary/aromatic N) is 2. The highest BCUT2D eigenvalue weighted by atomic mass is 32.2. The summed E-state index contributed by atoms with van der Waals surface area (Å²) in [4.78, 5) is 13.9. The number of hydrogen-bond acceptors (Lipinski definition) is 3. The minimum atomic E-state index is -3.43. The van der Waals surface area contributed by atoms with Gasteiger partial charge in [0.25, 0.3) is 0 Å². The van der Waals surface area contributed by atoms with Gasteiger partial charge in [-0.3, -0.25) is 4.79 Å². The molecular weight excluding hydrogens is 288 g/mol. The highest BCUT2D eigenvalue weighted by Gasteiger charge is 2.23. The molecule has 1 fully saturated rings. The van der Waals surface area contributed by atoms with E-state index in [1.54, 1.807) is 29.2 Å². The maximum atomic E-state index is 12.4. The van der Waals surface area contributed by atoms with Gasteiger partial charge in [-0.25, -0.2) is 8.42 Å². The van der Waals surface area contributed by atoms with Crippen LogP contribution in [0.15, 0.2) is 29.2 Å². The molecule has 0 aliphatic carbocycles. The van der Waals surface area contributed by atoms with Gasteiger partial charge in [0, 0.05) is 31.7 Å². The standard InChI is InChI=1S/C15H22N2O3S/c1-3-16(4-2)21(19,20)14-10-8-13(9-11-14)17-12-6-5-7-15(17)18/h8-11H,3-7,12H2,1-2H3. The molecule has 1 aromatic carbocycles. The summed E-state index contributed by atoms with van der Waals surface area (Å²) in [5.41, 5.74) is 0.776. The van der Waals surface area contributed by atoms with E-state index in [-0.39, 0.29) is 10.8 Å². The average Bonchev–Trinajstić information content (AvgIpc) is 2.49. The summed E-state index contributed by atoms with van der Waals surface area (Å²) in [7, 11) is -3.43. The second-order valence-corrected chi connectivity index (χ2v) is 7.02. The molecule has 0 radical (unpaired) electrons. The normalized spacial score (nSPS) is 16.5. The van der Waals surface area contributed by atoms with Gasteiger partial charge in [-0.05, 0) is 37.1 Å². The van der Waals surface area contributed by atoms with Crippen LogP contribution in [-0.4, -0.2) is 38.3 Å². The summed E-state index contributed by atoms with van der Waals surface area (Å²) in [5, 5.41) is 0. The van der Waals surface area contributed by atoms with Crippen LogP contribution in [0, 0.1) is 0 Å². The van der Waals surface area contributed by atoms with Crippen molar-refractivity contribution >= 4 is 21.6 Å². The molecule has 1 saturated heterocycles. The van der Waals surface area contributed by atoms with Crippen LogP contribution < -0.4 is 4.90 Å². The van der Waals surface area contributed by atoms with Crippen molar-refractivity contribution in [1.82, 2.24) is 4.31 Å². The van der Waals surface area contributed by atoms with Gasteiger partial charge in [0.05, 0.1) is 4.90 Å². The zero-order chi connectivity index (χ0) is 15.5. The fraction of sp³-hybridized carbons (Fsp3) is 0.533. The topological polar surface area (TPSA) is 57.7 Å². The molecule has 1 aromatic rings. The first-order valence-corrected chi connectivity index (χ1v) is 8.85. The molecule has 1 heterocycles. The van der Waals surface area contributed by atoms with Gasteiger partial charge in [0.15, 0.2) is 0 Å². The Bertz CT molecular complexity index is 592. The lowest BCUT2D eigenvalue weighted by Gasteiger charge is -2.27. The highest BCUT2D eigenvalue weighted by molar-refractivity contribution is 7.89. The highest BCUT2D eigenvalue weighted by Crippen LogP contribution is 2.23. The van der Waals surface area contributed by atoms with E-state index in [1.165, 1.54) is 4.31 Å². The van der Waals surface area contributed by atoms with Crippen LogP contribution in [0.25, 0.3) is 0 Å². The first-order valence-electron chi connectivity index (χ1n) is 7.41. The number of piperidine rings is 1. The van der Waals surface area contributed by atoms with Crippen LogP contribution in [0.4, 0.5) is 5.69 Å². The van der Waals surface area contributed by atoms with Crippen molar-refractivity contribution in [3.05, 3.63) is 24.3 Å². The maximum Gasteiger partial charge on any atom is 0.243 e. The first kappa shape index (κ1) is 16.0. The summed E-state index contributed by atoms with van der Waals surface area (Å²) in [6.45, 7) is 5.25. The van der Waals surface area contributed by atoms with Crippen LogP contribution in [0.1, 0.15) is 33.1 Å². The molecule has 0 N–H and O–H groups in total. The summed E-state index contributed by atoms with van der Waals surface area (Å²) in [6, 6.07) is 6.62. The molecule has 5 nitrogen and oxygen atoms in total. The fourth-order valence-electron chi connectivity index (χ4n) is 2.59. The molecule has 1 aliphatic rings. The van der Waals surface area contributed by atoms with Gasteiger partial charge in [-0.15, -0.1) is 0 Å². The lowest BCUT2D eigenvalue weighted by Crippen LogP contribution is -2.35. The molecule has 21 heavy (non-hydrogen) atoms. The van der Waals surface area contributed by atoms with Crippen molar-refractivity contribution in [2.24, 2.45) is 0 Å². The summed E-state index contributed by atoms with van der Waals surface area (Å²) in [5.74, 6) is 0.112. The van der Waals surface area contributed by atoms with E-state index in [1.807, 2.05) is 13.8 Å².